The summed E-state index contributed by atoms with van der Waals surface area (Å²) < 4.78 is 39.1. The van der Waals surface area contributed by atoms with Crippen molar-refractivity contribution in [2.24, 2.45) is 7.05 Å². The molecule has 0 bridgehead atoms. The Morgan fingerprint density at radius 3 is 2.70 bits per heavy atom. The van der Waals surface area contributed by atoms with Crippen LogP contribution in [-0.2, 0) is 17.2 Å². The summed E-state index contributed by atoms with van der Waals surface area (Å²) in [7, 11) is -0.673. The smallest absolute Gasteiger partial charge is 0.294 e. The molecule has 1 N–H and O–H groups in total. The number of hydrogen-bond donors (Lipinski definition) is 1. The van der Waals surface area contributed by atoms with Crippen LogP contribution in [0.2, 0.25) is 5.15 Å². The van der Waals surface area contributed by atoms with E-state index in [9.17, 15) is 8.42 Å². The molecule has 0 saturated carbocycles. The van der Waals surface area contributed by atoms with Crippen LogP contribution in [0.1, 0.15) is 5.56 Å². The summed E-state index contributed by atoms with van der Waals surface area (Å²) in [6.45, 7) is 0. The van der Waals surface area contributed by atoms with Crippen LogP contribution in [0.15, 0.2) is 47.3 Å². The molecule has 0 unspecified atom stereocenters. The van der Waals surface area contributed by atoms with E-state index < -0.39 is 10.1 Å². The van der Waals surface area contributed by atoms with E-state index in [1.807, 2.05) is 19.3 Å². The Morgan fingerprint density at radius 2 is 2.04 bits per heavy atom. The molecule has 120 valence electrons. The summed E-state index contributed by atoms with van der Waals surface area (Å²) in [4.78, 5) is 1.52. The fraction of sp³-hybridized carbons (Fsp3) is 0.133. The molecule has 1 aromatic heterocycles. The first-order chi connectivity index (χ1) is 10.8. The number of fused-ring (bicyclic) bond motifs is 1. The second-order valence-electron chi connectivity index (χ2n) is 5.14. The zero-order chi connectivity index (χ0) is 16.8. The number of halogens is 1. The van der Waals surface area contributed by atoms with Gasteiger partial charge in [-0.05, 0) is 35.4 Å². The summed E-state index contributed by atoms with van der Waals surface area (Å²) >= 11 is 6.08. The average molecular weight is 354 g/mol. The number of benzene rings is 1. The van der Waals surface area contributed by atoms with Crippen molar-refractivity contribution in [3.05, 3.63) is 53.1 Å². The zero-order valence-corrected chi connectivity index (χ0v) is 14.0. The van der Waals surface area contributed by atoms with Gasteiger partial charge < -0.3 is 9.64 Å². The van der Waals surface area contributed by atoms with Gasteiger partial charge in [-0.1, -0.05) is 0 Å². The van der Waals surface area contributed by atoms with Gasteiger partial charge in [-0.2, -0.15) is 13.0 Å². The van der Waals surface area contributed by atoms with Crippen LogP contribution in [0, 0.1) is 0 Å². The molecule has 0 aliphatic carbocycles. The Labute approximate surface area is 138 Å². The molecule has 2 heterocycles. The molecule has 0 radical (unpaired) electrons. The van der Waals surface area contributed by atoms with Crippen molar-refractivity contribution in [1.82, 2.24) is 0 Å². The van der Waals surface area contributed by atoms with Crippen molar-refractivity contribution in [1.29, 1.82) is 0 Å². The van der Waals surface area contributed by atoms with Crippen molar-refractivity contribution in [2.75, 3.05) is 11.9 Å². The fourth-order valence-corrected chi connectivity index (χ4v) is 2.90. The second-order valence-corrected chi connectivity index (χ2v) is 6.95. The fourth-order valence-electron chi connectivity index (χ4n) is 2.22. The number of nitrogens with zero attached hydrogens (tertiary/aromatic N) is 2. The largest absolute Gasteiger partial charge is 0.439 e. The number of aromatic nitrogens is 1. The molecule has 23 heavy (non-hydrogen) atoms. The minimum absolute atomic E-state index is 0.178. The summed E-state index contributed by atoms with van der Waals surface area (Å²) in [5, 5.41) is 0.575. The summed E-state index contributed by atoms with van der Waals surface area (Å²) in [6.07, 6.45) is 3.62. The van der Waals surface area contributed by atoms with Crippen LogP contribution in [0.25, 0.3) is 6.08 Å². The quantitative estimate of drug-likeness (QED) is 0.509. The minimum atomic E-state index is -4.26. The van der Waals surface area contributed by atoms with Gasteiger partial charge in [0.15, 0.2) is 11.9 Å². The third-order valence-corrected chi connectivity index (χ3v) is 4.76. The lowest BCUT2D eigenvalue weighted by Crippen LogP contribution is -2.28. The highest BCUT2D eigenvalue weighted by atomic mass is 35.5. The number of ether oxygens (including phenoxy) is 1. The summed E-state index contributed by atoms with van der Waals surface area (Å²) in [6, 6.07) is 7.84. The molecule has 0 atom stereocenters. The lowest BCUT2D eigenvalue weighted by atomic mass is 10.2. The summed E-state index contributed by atoms with van der Waals surface area (Å²) in [5.74, 6) is 1.04. The second kappa shape index (κ2) is 5.52. The van der Waals surface area contributed by atoms with Crippen molar-refractivity contribution in [3.63, 3.8) is 0 Å². The average Bonchev–Trinajstić information content (AvgIpc) is 2.78. The maximum atomic E-state index is 11.2. The van der Waals surface area contributed by atoms with E-state index in [4.69, 9.17) is 20.9 Å². The van der Waals surface area contributed by atoms with Gasteiger partial charge >= 0.3 is 0 Å². The number of pyridine rings is 1. The number of aryl methyl sites for hydroxylation is 1. The van der Waals surface area contributed by atoms with Crippen LogP contribution in [0.5, 0.6) is 5.75 Å². The van der Waals surface area contributed by atoms with E-state index in [0.717, 1.165) is 5.56 Å². The molecule has 8 heteroatoms. The van der Waals surface area contributed by atoms with E-state index in [1.165, 1.54) is 18.2 Å². The maximum absolute atomic E-state index is 11.2. The number of anilines is 1. The lowest BCUT2D eigenvalue weighted by molar-refractivity contribution is -0.669. The molecular weight excluding hydrogens is 340 g/mol. The first-order valence-corrected chi connectivity index (χ1v) is 8.47. The zero-order valence-electron chi connectivity index (χ0n) is 12.4. The van der Waals surface area contributed by atoms with Crippen molar-refractivity contribution >= 4 is 33.5 Å². The maximum Gasteiger partial charge on any atom is 0.294 e. The van der Waals surface area contributed by atoms with Crippen molar-refractivity contribution in [3.8, 4) is 5.75 Å². The van der Waals surface area contributed by atoms with Crippen LogP contribution in [0.3, 0.4) is 0 Å². The van der Waals surface area contributed by atoms with Gasteiger partial charge in [0.2, 0.25) is 5.88 Å². The highest BCUT2D eigenvalue weighted by Gasteiger charge is 2.25. The van der Waals surface area contributed by atoms with Gasteiger partial charge in [-0.15, -0.1) is 0 Å². The molecule has 3 rings (SSSR count). The van der Waals surface area contributed by atoms with Gasteiger partial charge in [0.05, 0.1) is 10.6 Å². The molecule has 0 amide bonds. The van der Waals surface area contributed by atoms with Crippen LogP contribution in [0.4, 0.5) is 5.69 Å². The van der Waals surface area contributed by atoms with E-state index in [0.29, 0.717) is 22.5 Å². The molecule has 1 aromatic carbocycles. The molecule has 1 aliphatic rings. The monoisotopic (exact) mass is 353 g/mol. The Hall–Kier alpha value is -2.09. The summed E-state index contributed by atoms with van der Waals surface area (Å²) in [5.41, 5.74) is 1.40. The van der Waals surface area contributed by atoms with Crippen LogP contribution in [-0.4, -0.2) is 20.0 Å². The predicted octanol–water partition coefficient (Wildman–Crippen LogP) is 2.24. The van der Waals surface area contributed by atoms with Crippen molar-refractivity contribution < 1.29 is 22.3 Å². The SMILES string of the molecule is CN1C(=Cc2cc[n+](C)c(Cl)c2)Oc2ccc(S(=O)(=O)O)cc21. The highest BCUT2D eigenvalue weighted by molar-refractivity contribution is 7.85. The highest BCUT2D eigenvalue weighted by Crippen LogP contribution is 2.39. The van der Waals surface area contributed by atoms with E-state index in [-0.39, 0.29) is 4.90 Å². The number of rotatable bonds is 2. The number of hydrogen-bond acceptors (Lipinski definition) is 4. The molecule has 0 fully saturated rings. The first kappa shape index (κ1) is 15.8. The Balaban J connectivity index is 1.98. The van der Waals surface area contributed by atoms with Gasteiger partial charge in [0.1, 0.15) is 7.05 Å². The Morgan fingerprint density at radius 1 is 1.30 bits per heavy atom. The van der Waals surface area contributed by atoms with Crippen LogP contribution < -0.4 is 14.2 Å². The third-order valence-electron chi connectivity index (χ3n) is 3.54. The normalized spacial score (nSPS) is 15.7. The van der Waals surface area contributed by atoms with Gasteiger partial charge in [0.25, 0.3) is 15.3 Å². The Kier molecular flexibility index (Phi) is 3.79. The van der Waals surface area contributed by atoms with E-state index in [1.54, 1.807) is 28.7 Å². The van der Waals surface area contributed by atoms with Gasteiger partial charge in [-0.3, -0.25) is 4.55 Å². The standard InChI is InChI=1S/C15H13ClN2O4S/c1-17-6-5-10(7-14(17)16)8-15-18(2)12-9-11(23(19,20)21)3-4-13(12)22-15/h3-9H,1-2H3/p+1. The molecule has 6 nitrogen and oxygen atoms in total. The van der Waals surface area contributed by atoms with E-state index in [2.05, 4.69) is 0 Å². The third kappa shape index (κ3) is 3.03. The lowest BCUT2D eigenvalue weighted by Gasteiger charge is -2.11. The first-order valence-electron chi connectivity index (χ1n) is 6.66. The Bertz CT molecular complexity index is 925. The molecule has 2 aromatic rings. The van der Waals surface area contributed by atoms with Crippen LogP contribution >= 0.6 is 11.6 Å². The molecule has 0 saturated heterocycles. The molecule has 1 aliphatic heterocycles. The minimum Gasteiger partial charge on any atom is -0.439 e. The van der Waals surface area contributed by atoms with Gasteiger partial charge in [0, 0.05) is 25.3 Å². The molecule has 0 spiro atoms. The molecular formula is C15H14ClN2O4S+. The van der Waals surface area contributed by atoms with Gasteiger partial charge in [-0.25, -0.2) is 0 Å². The topological polar surface area (TPSA) is 70.7 Å². The van der Waals surface area contributed by atoms with Crippen molar-refractivity contribution in [2.45, 2.75) is 4.90 Å². The predicted molar refractivity (Wildman–Crippen MR) is 85.9 cm³/mol. The van der Waals surface area contributed by atoms with E-state index >= 15 is 0 Å².